The molecule has 0 spiro atoms. The lowest BCUT2D eigenvalue weighted by Gasteiger charge is -2.46. The molecule has 0 aliphatic carbocycles. The van der Waals surface area contributed by atoms with E-state index in [0.29, 0.717) is 0 Å². The Morgan fingerprint density at radius 1 is 0.786 bits per heavy atom. The van der Waals surface area contributed by atoms with Crippen molar-refractivity contribution >= 4 is 6.08 Å². The van der Waals surface area contributed by atoms with E-state index in [2.05, 4.69) is 4.74 Å². The van der Waals surface area contributed by atoms with Gasteiger partial charge in [-0.3, -0.25) is 0 Å². The van der Waals surface area contributed by atoms with Gasteiger partial charge in [-0.2, -0.15) is 0 Å². The molecule has 5 rings (SSSR count). The maximum Gasteiger partial charge on any atom is 0.270 e. The number of fused-ring (bicyclic) bond motifs is 1. The first-order valence-corrected chi connectivity index (χ1v) is 13.0. The second-order valence-electron chi connectivity index (χ2n) is 10.3. The van der Waals surface area contributed by atoms with Crippen LogP contribution in [0.5, 0.6) is 28.7 Å². The number of aliphatic hydroxyl groups excluding tert-OH is 6. The van der Waals surface area contributed by atoms with E-state index in [1.807, 2.05) is 0 Å². The molecule has 3 heterocycles. The number of benzene rings is 2. The van der Waals surface area contributed by atoms with Crippen LogP contribution >= 0.6 is 0 Å². The fourth-order valence-electron chi connectivity index (χ4n) is 5.05. The Bertz CT molecular complexity index is 1320. The van der Waals surface area contributed by atoms with Gasteiger partial charge in [0.2, 0.25) is 6.29 Å². The number of aromatic hydroxyl groups is 5. The molecule has 3 aliphatic rings. The average molecular weight is 598 g/mol. The quantitative estimate of drug-likeness (QED) is 0.135. The fraction of sp³-hybridized carbons (Fsp3) is 0.481. The zero-order valence-electron chi connectivity index (χ0n) is 22.1. The van der Waals surface area contributed by atoms with Gasteiger partial charge in [-0.1, -0.05) is 0 Å². The number of ether oxygens (including phenoxy) is 5. The number of rotatable bonds is 6. The normalized spacial score (nSPS) is 36.5. The van der Waals surface area contributed by atoms with Crippen LogP contribution in [0.1, 0.15) is 24.2 Å². The Kier molecular flexibility index (Phi) is 8.39. The molecule has 0 radical (unpaired) electrons. The first-order chi connectivity index (χ1) is 19.9. The van der Waals surface area contributed by atoms with E-state index in [4.69, 9.17) is 18.9 Å². The van der Waals surface area contributed by atoms with Gasteiger partial charge in [0, 0.05) is 12.1 Å². The fourth-order valence-corrected chi connectivity index (χ4v) is 5.05. The van der Waals surface area contributed by atoms with Crippen molar-refractivity contribution in [1.29, 1.82) is 0 Å². The minimum Gasteiger partial charge on any atom is -0.571 e. The van der Waals surface area contributed by atoms with Crippen LogP contribution in [0, 0.1) is 0 Å². The zero-order valence-corrected chi connectivity index (χ0v) is 22.1. The van der Waals surface area contributed by atoms with Crippen LogP contribution < -0.4 is 0 Å². The second kappa shape index (κ2) is 11.7. The highest BCUT2D eigenvalue weighted by atomic mass is 16.8. The number of hydrogen-bond donors (Lipinski definition) is 10. The molecule has 42 heavy (non-hydrogen) atoms. The highest BCUT2D eigenvalue weighted by Crippen LogP contribution is 2.46. The molecule has 3 aliphatic heterocycles. The van der Waals surface area contributed by atoms with Crippen molar-refractivity contribution in [1.82, 2.24) is 0 Å². The van der Waals surface area contributed by atoms with Gasteiger partial charge in [0.05, 0.1) is 24.3 Å². The third-order valence-electron chi connectivity index (χ3n) is 7.44. The smallest absolute Gasteiger partial charge is 0.270 e. The topological polar surface area (TPSA) is 252 Å². The molecule has 0 saturated carbocycles. The standard InChI is InChI=1S/C27H32O15/c1-9-19(33)21(35)23(37)26(38-9)42-25-22(36)20(34)18(8-28)41-27(25)40-17-7-12-14(31)5-11(29)6-16(12)39-24(17)10-2-3-13(30)15(32)4-10/h2-7,9,18-37H,8H2,1H3/p+1/t9-,18-,19-,20+,21+,22-,23-,24?,25+,26-,27+/m0/s1. The van der Waals surface area contributed by atoms with Gasteiger partial charge in [-0.25, -0.2) is 0 Å². The number of phenols is 4. The Morgan fingerprint density at radius 3 is 2.21 bits per heavy atom. The van der Waals surface area contributed by atoms with E-state index in [9.17, 15) is 51.1 Å². The van der Waals surface area contributed by atoms with Crippen molar-refractivity contribution in [2.75, 3.05) is 6.61 Å². The van der Waals surface area contributed by atoms with Crippen LogP contribution in [-0.4, -0.2) is 124 Å². The molecule has 1 unspecified atom stereocenters. The average Bonchev–Trinajstić information content (AvgIpc) is 2.95. The third kappa shape index (κ3) is 5.54. The third-order valence-corrected chi connectivity index (χ3v) is 7.44. The molecule has 2 fully saturated rings. The molecule has 0 bridgehead atoms. The van der Waals surface area contributed by atoms with Crippen molar-refractivity contribution in [3.63, 3.8) is 0 Å². The molecular formula is C27H33O15+. The van der Waals surface area contributed by atoms with Gasteiger partial charge in [0.25, 0.3) is 11.9 Å². The van der Waals surface area contributed by atoms with E-state index in [0.717, 1.165) is 6.07 Å². The molecule has 11 atom stereocenters. The van der Waals surface area contributed by atoms with Crippen molar-refractivity contribution < 1.29 is 74.7 Å². The summed E-state index contributed by atoms with van der Waals surface area (Å²) in [5, 5.41) is 102. The van der Waals surface area contributed by atoms with E-state index in [-0.39, 0.29) is 34.1 Å². The minimum atomic E-state index is -1.79. The second-order valence-corrected chi connectivity index (χ2v) is 10.3. The van der Waals surface area contributed by atoms with Crippen molar-refractivity contribution in [3.05, 3.63) is 47.2 Å². The van der Waals surface area contributed by atoms with Crippen LogP contribution in [0.2, 0.25) is 0 Å². The lowest BCUT2D eigenvalue weighted by atomic mass is 9.97. The molecule has 0 amide bonds. The molecule has 230 valence electrons. The molecule has 11 N–H and O–H groups in total. The highest BCUT2D eigenvalue weighted by molar-refractivity contribution is 5.69. The summed E-state index contributed by atoms with van der Waals surface area (Å²) in [6.07, 6.45) is -15.3. The molecule has 2 aromatic rings. The zero-order chi connectivity index (χ0) is 30.5. The lowest BCUT2D eigenvalue weighted by molar-refractivity contribution is -0.361. The van der Waals surface area contributed by atoms with Gasteiger partial charge in [-0.05, 0) is 25.1 Å². The summed E-state index contributed by atoms with van der Waals surface area (Å²) in [7, 11) is 0. The summed E-state index contributed by atoms with van der Waals surface area (Å²) in [5.41, 5.74) is 0.418. The Labute approximate surface area is 238 Å². The highest BCUT2D eigenvalue weighted by Gasteiger charge is 2.51. The predicted molar refractivity (Wildman–Crippen MR) is 138 cm³/mol. The largest absolute Gasteiger partial charge is 0.571 e. The van der Waals surface area contributed by atoms with E-state index in [1.54, 1.807) is 0 Å². The monoisotopic (exact) mass is 597 g/mol. The van der Waals surface area contributed by atoms with Crippen LogP contribution in [0.4, 0.5) is 0 Å². The number of hydrogen-bond acceptors (Lipinski definition) is 14. The number of aliphatic hydroxyl groups is 7. The molecule has 2 saturated heterocycles. The van der Waals surface area contributed by atoms with E-state index in [1.165, 1.54) is 37.3 Å². The predicted octanol–water partition coefficient (Wildman–Crippen LogP) is -1.49. The molecule has 2 aromatic carbocycles. The molecule has 15 heteroatoms. The van der Waals surface area contributed by atoms with Gasteiger partial charge < -0.3 is 74.7 Å². The van der Waals surface area contributed by atoms with Crippen LogP contribution in [0.25, 0.3) is 6.08 Å². The Hall–Kier alpha value is -3.38. The SMILES string of the molecule is C[C@@H]1O[C@@H](O[C@H]2[C@H](OC3=Cc4c(O)cc(O)cc4[OH+]C3c3ccc(O)c(O)c3)O[C@@H](CO)[C@@H](O)[C@@H]2O)[C@@H](O)[C@H](O)[C@H]1O. The summed E-state index contributed by atoms with van der Waals surface area (Å²) in [6.45, 7) is 0.680. The summed E-state index contributed by atoms with van der Waals surface area (Å²) >= 11 is 0. The molecule has 15 nitrogen and oxygen atoms in total. The van der Waals surface area contributed by atoms with Crippen LogP contribution in [0.3, 0.4) is 0 Å². The maximum absolute atomic E-state index is 11.0. The van der Waals surface area contributed by atoms with Gasteiger partial charge in [-0.15, -0.1) is 0 Å². The van der Waals surface area contributed by atoms with Crippen molar-refractivity contribution in [3.8, 4) is 28.7 Å². The van der Waals surface area contributed by atoms with Crippen molar-refractivity contribution in [2.45, 2.75) is 74.4 Å². The van der Waals surface area contributed by atoms with E-state index >= 15 is 0 Å². The van der Waals surface area contributed by atoms with Gasteiger partial charge in [0.15, 0.2) is 29.7 Å². The van der Waals surface area contributed by atoms with E-state index < -0.39 is 85.6 Å². The lowest BCUT2D eigenvalue weighted by Crippen LogP contribution is -2.64. The Balaban J connectivity index is 1.52. The summed E-state index contributed by atoms with van der Waals surface area (Å²) < 4.78 is 27.6. The minimum absolute atomic E-state index is 0.0543. The number of phenolic OH excluding ortho intramolecular Hbond substituents is 4. The molecule has 0 aromatic heterocycles. The summed E-state index contributed by atoms with van der Waals surface area (Å²) in [6, 6.07) is 6.20. The van der Waals surface area contributed by atoms with Crippen LogP contribution in [0.15, 0.2) is 36.1 Å². The summed E-state index contributed by atoms with van der Waals surface area (Å²) in [4.78, 5) is 0. The van der Waals surface area contributed by atoms with Crippen LogP contribution in [-0.2, 0) is 18.9 Å². The maximum atomic E-state index is 11.0. The first-order valence-electron chi connectivity index (χ1n) is 13.0. The first kappa shape index (κ1) is 30.1. The van der Waals surface area contributed by atoms with Crippen molar-refractivity contribution in [2.24, 2.45) is 0 Å². The van der Waals surface area contributed by atoms with Gasteiger partial charge in [0.1, 0.15) is 53.7 Å². The molecular weight excluding hydrogens is 564 g/mol. The summed E-state index contributed by atoms with van der Waals surface area (Å²) in [5.74, 6) is -1.42. The Morgan fingerprint density at radius 2 is 1.52 bits per heavy atom. The van der Waals surface area contributed by atoms with Gasteiger partial charge >= 0.3 is 0 Å².